The normalized spacial score (nSPS) is 10.7. The van der Waals surface area contributed by atoms with Gasteiger partial charge in [0, 0.05) is 4.47 Å². The summed E-state index contributed by atoms with van der Waals surface area (Å²) in [5, 5.41) is 15.6. The first-order valence-electron chi connectivity index (χ1n) is 6.06. The minimum Gasteiger partial charge on any atom is -0.478 e. The van der Waals surface area contributed by atoms with Gasteiger partial charge in [0.15, 0.2) is 0 Å². The van der Waals surface area contributed by atoms with Crippen LogP contribution in [-0.4, -0.2) is 26.6 Å². The number of carboxylic acids is 1. The summed E-state index contributed by atoms with van der Waals surface area (Å²) in [5.41, 5.74) is 1.28. The van der Waals surface area contributed by atoms with E-state index in [9.17, 15) is 9.59 Å². The van der Waals surface area contributed by atoms with E-state index in [1.54, 1.807) is 0 Å². The summed E-state index contributed by atoms with van der Waals surface area (Å²) in [6.45, 7) is 3.87. The first-order chi connectivity index (χ1) is 9.90. The van der Waals surface area contributed by atoms with Crippen molar-refractivity contribution >= 4 is 45.0 Å². The first-order valence-corrected chi connectivity index (χ1v) is 7.63. The summed E-state index contributed by atoms with van der Waals surface area (Å²) in [6, 6.07) is 4.40. The molecule has 0 aliphatic carbocycles. The van der Waals surface area contributed by atoms with Gasteiger partial charge in [-0.2, -0.15) is 0 Å². The number of hydrogen-bond donors (Lipinski definition) is 2. The molecule has 0 unspecified atom stereocenters. The van der Waals surface area contributed by atoms with Crippen LogP contribution in [0, 0.1) is 0 Å². The van der Waals surface area contributed by atoms with Gasteiger partial charge in [-0.1, -0.05) is 18.3 Å². The van der Waals surface area contributed by atoms with Crippen molar-refractivity contribution in [3.05, 3.63) is 38.8 Å². The van der Waals surface area contributed by atoms with Crippen LogP contribution in [0.2, 0.25) is 0 Å². The highest BCUT2D eigenvalue weighted by atomic mass is 79.9. The Morgan fingerprint density at radius 2 is 2.10 bits per heavy atom. The molecule has 0 fully saturated rings. The van der Waals surface area contributed by atoms with E-state index in [4.69, 9.17) is 5.11 Å². The highest BCUT2D eigenvalue weighted by molar-refractivity contribution is 9.10. The van der Waals surface area contributed by atoms with E-state index in [0.29, 0.717) is 20.7 Å². The van der Waals surface area contributed by atoms with Crippen LogP contribution in [0.1, 0.15) is 45.5 Å². The SMILES string of the molecule is CC(C)c1nnsc1C(=O)Nc1ccc(C(=O)O)cc1Br. The smallest absolute Gasteiger partial charge is 0.335 e. The molecule has 1 aromatic heterocycles. The van der Waals surface area contributed by atoms with E-state index in [-0.39, 0.29) is 17.4 Å². The number of anilines is 1. The highest BCUT2D eigenvalue weighted by Crippen LogP contribution is 2.26. The minimum atomic E-state index is -1.03. The van der Waals surface area contributed by atoms with Crippen LogP contribution in [0.25, 0.3) is 0 Å². The minimum absolute atomic E-state index is 0.0994. The van der Waals surface area contributed by atoms with Gasteiger partial charge in [-0.25, -0.2) is 4.79 Å². The fourth-order valence-corrected chi connectivity index (χ4v) is 2.85. The molecule has 1 heterocycles. The maximum absolute atomic E-state index is 12.3. The van der Waals surface area contributed by atoms with E-state index in [1.165, 1.54) is 18.2 Å². The van der Waals surface area contributed by atoms with E-state index < -0.39 is 5.97 Å². The number of benzene rings is 1. The van der Waals surface area contributed by atoms with Crippen LogP contribution >= 0.6 is 27.5 Å². The number of carbonyl (C=O) groups is 2. The Bertz CT molecular complexity index is 700. The predicted molar refractivity (Wildman–Crippen MR) is 83.1 cm³/mol. The molecule has 0 aliphatic heterocycles. The van der Waals surface area contributed by atoms with Crippen molar-refractivity contribution in [3.63, 3.8) is 0 Å². The fraction of sp³-hybridized carbons (Fsp3) is 0.231. The molecule has 2 aromatic rings. The van der Waals surface area contributed by atoms with Crippen molar-refractivity contribution < 1.29 is 14.7 Å². The number of carbonyl (C=O) groups excluding carboxylic acids is 1. The van der Waals surface area contributed by atoms with Crippen molar-refractivity contribution in [2.75, 3.05) is 5.32 Å². The fourth-order valence-electron chi connectivity index (χ4n) is 1.66. The van der Waals surface area contributed by atoms with Gasteiger partial charge in [-0.3, -0.25) is 4.79 Å². The molecular formula is C13H12BrN3O3S. The maximum Gasteiger partial charge on any atom is 0.335 e. The van der Waals surface area contributed by atoms with Gasteiger partial charge < -0.3 is 10.4 Å². The van der Waals surface area contributed by atoms with Crippen LogP contribution in [0.15, 0.2) is 22.7 Å². The molecule has 0 radical (unpaired) electrons. The molecule has 2 rings (SSSR count). The zero-order chi connectivity index (χ0) is 15.6. The second kappa shape index (κ2) is 6.31. The van der Waals surface area contributed by atoms with E-state index in [2.05, 4.69) is 30.8 Å². The summed E-state index contributed by atoms with van der Waals surface area (Å²) in [7, 11) is 0. The van der Waals surface area contributed by atoms with Crippen molar-refractivity contribution in [3.8, 4) is 0 Å². The second-order valence-corrected chi connectivity index (χ2v) is 6.20. The third-order valence-corrected chi connectivity index (χ3v) is 4.13. The number of amides is 1. The topological polar surface area (TPSA) is 92.2 Å². The molecule has 0 saturated heterocycles. The Hall–Kier alpha value is -1.80. The average Bonchev–Trinajstić information content (AvgIpc) is 2.90. The molecule has 0 aliphatic rings. The van der Waals surface area contributed by atoms with Gasteiger partial charge in [0.05, 0.1) is 16.9 Å². The summed E-state index contributed by atoms with van der Waals surface area (Å²) in [5.74, 6) is -1.23. The lowest BCUT2D eigenvalue weighted by molar-refractivity contribution is 0.0696. The Kier molecular flexibility index (Phi) is 4.69. The second-order valence-electron chi connectivity index (χ2n) is 4.60. The Morgan fingerprint density at radius 3 is 2.67 bits per heavy atom. The van der Waals surface area contributed by atoms with Crippen molar-refractivity contribution in [1.29, 1.82) is 0 Å². The average molecular weight is 370 g/mol. The summed E-state index contributed by atoms with van der Waals surface area (Å²) in [6.07, 6.45) is 0. The number of aromatic carboxylic acids is 1. The van der Waals surface area contributed by atoms with Crippen molar-refractivity contribution in [2.45, 2.75) is 19.8 Å². The molecule has 110 valence electrons. The molecule has 0 spiro atoms. The van der Waals surface area contributed by atoms with Gasteiger partial charge in [0.2, 0.25) is 0 Å². The van der Waals surface area contributed by atoms with Crippen LogP contribution in [0.4, 0.5) is 5.69 Å². The number of aromatic nitrogens is 2. The van der Waals surface area contributed by atoms with Crippen LogP contribution in [0.3, 0.4) is 0 Å². The Morgan fingerprint density at radius 1 is 1.38 bits per heavy atom. The molecule has 0 bridgehead atoms. The van der Waals surface area contributed by atoms with Crippen LogP contribution < -0.4 is 5.32 Å². The lowest BCUT2D eigenvalue weighted by Crippen LogP contribution is -2.13. The quantitative estimate of drug-likeness (QED) is 0.861. The predicted octanol–water partition coefficient (Wildman–Crippen LogP) is 3.37. The monoisotopic (exact) mass is 369 g/mol. The molecule has 0 saturated carbocycles. The lowest BCUT2D eigenvalue weighted by Gasteiger charge is -2.08. The molecule has 1 aromatic carbocycles. The third-order valence-electron chi connectivity index (χ3n) is 2.73. The molecule has 0 atom stereocenters. The van der Waals surface area contributed by atoms with E-state index in [1.807, 2.05) is 13.8 Å². The molecule has 8 heteroatoms. The zero-order valence-electron chi connectivity index (χ0n) is 11.3. The number of hydrogen-bond acceptors (Lipinski definition) is 5. The van der Waals surface area contributed by atoms with Gasteiger partial charge in [0.1, 0.15) is 4.88 Å². The number of nitrogens with one attached hydrogen (secondary N) is 1. The number of rotatable bonds is 4. The van der Waals surface area contributed by atoms with Crippen LogP contribution in [0.5, 0.6) is 0 Å². The molecular weight excluding hydrogens is 358 g/mol. The first kappa shape index (κ1) is 15.6. The van der Waals surface area contributed by atoms with E-state index >= 15 is 0 Å². The van der Waals surface area contributed by atoms with Gasteiger partial charge in [-0.05, 0) is 51.6 Å². The number of halogens is 1. The molecule has 1 amide bonds. The molecule has 21 heavy (non-hydrogen) atoms. The number of carboxylic acid groups (broad SMARTS) is 1. The van der Waals surface area contributed by atoms with Gasteiger partial charge in [0.25, 0.3) is 5.91 Å². The van der Waals surface area contributed by atoms with Crippen molar-refractivity contribution in [2.24, 2.45) is 0 Å². The zero-order valence-corrected chi connectivity index (χ0v) is 13.7. The number of nitrogens with zero attached hydrogens (tertiary/aromatic N) is 2. The largest absolute Gasteiger partial charge is 0.478 e. The van der Waals surface area contributed by atoms with Crippen LogP contribution in [-0.2, 0) is 0 Å². The van der Waals surface area contributed by atoms with Gasteiger partial charge in [-0.15, -0.1) is 5.10 Å². The molecule has 2 N–H and O–H groups in total. The summed E-state index contributed by atoms with van der Waals surface area (Å²) < 4.78 is 4.31. The Labute approximate surface area is 133 Å². The lowest BCUT2D eigenvalue weighted by atomic mass is 10.1. The standard InChI is InChI=1S/C13H12BrN3O3S/c1-6(2)10-11(21-17-16-10)12(18)15-9-4-3-7(13(19)20)5-8(9)14/h3-6H,1-2H3,(H,15,18)(H,19,20). The van der Waals surface area contributed by atoms with Crippen molar-refractivity contribution in [1.82, 2.24) is 9.59 Å². The van der Waals surface area contributed by atoms with E-state index in [0.717, 1.165) is 11.5 Å². The summed E-state index contributed by atoms with van der Waals surface area (Å²) in [4.78, 5) is 23.6. The summed E-state index contributed by atoms with van der Waals surface area (Å²) >= 11 is 4.29. The van der Waals surface area contributed by atoms with Gasteiger partial charge >= 0.3 is 5.97 Å². The Balaban J connectivity index is 2.24. The molecule has 6 nitrogen and oxygen atoms in total. The highest BCUT2D eigenvalue weighted by Gasteiger charge is 2.19. The maximum atomic E-state index is 12.3. The third kappa shape index (κ3) is 3.45.